The first-order chi connectivity index (χ1) is 13.7. The lowest BCUT2D eigenvalue weighted by Crippen LogP contribution is -2.22. The topological polar surface area (TPSA) is 51.0 Å². The van der Waals surface area contributed by atoms with Crippen LogP contribution in [0.5, 0.6) is 0 Å². The van der Waals surface area contributed by atoms with Gasteiger partial charge in [0.05, 0.1) is 0 Å². The number of nitrogens with zero attached hydrogens (tertiary/aromatic N) is 2. The van der Waals surface area contributed by atoms with Gasteiger partial charge in [-0.05, 0) is 41.5 Å². The van der Waals surface area contributed by atoms with Crippen LogP contribution in [0.25, 0.3) is 11.5 Å². The minimum Gasteiger partial charge on any atom is -0.419 e. The van der Waals surface area contributed by atoms with Crippen LogP contribution >= 0.6 is 11.6 Å². The third-order valence-electron chi connectivity index (χ3n) is 4.37. The first-order valence-electron chi connectivity index (χ1n) is 8.82. The van der Waals surface area contributed by atoms with Gasteiger partial charge in [-0.1, -0.05) is 60.1 Å². The lowest BCUT2D eigenvalue weighted by molar-refractivity contribution is 0.437. The van der Waals surface area contributed by atoms with Crippen molar-refractivity contribution in [3.63, 3.8) is 0 Å². The molecule has 0 aliphatic rings. The largest absolute Gasteiger partial charge is 0.419 e. The quantitative estimate of drug-likeness (QED) is 0.476. The highest BCUT2D eigenvalue weighted by molar-refractivity contribution is 6.31. The first-order valence-corrected chi connectivity index (χ1v) is 9.19. The van der Waals surface area contributed by atoms with Crippen molar-refractivity contribution in [2.75, 3.05) is 0 Å². The fourth-order valence-electron chi connectivity index (χ4n) is 2.91. The van der Waals surface area contributed by atoms with Gasteiger partial charge in [0.2, 0.25) is 11.8 Å². The van der Waals surface area contributed by atoms with Gasteiger partial charge in [-0.15, -0.1) is 10.2 Å². The fourth-order valence-corrected chi connectivity index (χ4v) is 3.11. The molecule has 4 aromatic rings. The summed E-state index contributed by atoms with van der Waals surface area (Å²) < 4.78 is 19.3. The summed E-state index contributed by atoms with van der Waals surface area (Å²) in [7, 11) is 0. The SMILES string of the molecule is Fc1ccc([C@@H](NCc2ccccc2Cl)c2nnc(-c3ccccc3)o2)cc1. The Morgan fingerprint density at radius 2 is 1.61 bits per heavy atom. The van der Waals surface area contributed by atoms with Crippen LogP contribution in [0.15, 0.2) is 83.3 Å². The summed E-state index contributed by atoms with van der Waals surface area (Å²) in [5, 5.41) is 12.4. The zero-order chi connectivity index (χ0) is 19.3. The van der Waals surface area contributed by atoms with Crippen molar-refractivity contribution in [3.05, 3.63) is 107 Å². The second-order valence-corrected chi connectivity index (χ2v) is 6.68. The van der Waals surface area contributed by atoms with E-state index in [-0.39, 0.29) is 5.82 Å². The minimum absolute atomic E-state index is 0.302. The van der Waals surface area contributed by atoms with Crippen LogP contribution < -0.4 is 5.32 Å². The lowest BCUT2D eigenvalue weighted by Gasteiger charge is -2.16. The number of halogens is 2. The van der Waals surface area contributed by atoms with Crippen molar-refractivity contribution in [1.29, 1.82) is 0 Å². The highest BCUT2D eigenvalue weighted by atomic mass is 35.5. The van der Waals surface area contributed by atoms with E-state index in [1.54, 1.807) is 12.1 Å². The van der Waals surface area contributed by atoms with E-state index in [1.165, 1.54) is 12.1 Å². The van der Waals surface area contributed by atoms with E-state index in [1.807, 2.05) is 54.6 Å². The van der Waals surface area contributed by atoms with Gasteiger partial charge >= 0.3 is 0 Å². The molecular weight excluding hydrogens is 377 g/mol. The predicted molar refractivity (Wildman–Crippen MR) is 106 cm³/mol. The molecule has 1 aromatic heterocycles. The van der Waals surface area contributed by atoms with E-state index >= 15 is 0 Å². The van der Waals surface area contributed by atoms with Crippen LogP contribution in [0.4, 0.5) is 4.39 Å². The monoisotopic (exact) mass is 393 g/mol. The summed E-state index contributed by atoms with van der Waals surface area (Å²) in [6, 6.07) is 23.0. The molecule has 1 heterocycles. The van der Waals surface area contributed by atoms with Gasteiger partial charge < -0.3 is 4.42 Å². The minimum atomic E-state index is -0.401. The van der Waals surface area contributed by atoms with E-state index < -0.39 is 6.04 Å². The molecule has 0 radical (unpaired) electrons. The van der Waals surface area contributed by atoms with Crippen LogP contribution in [0.1, 0.15) is 23.1 Å². The van der Waals surface area contributed by atoms with Crippen molar-refractivity contribution >= 4 is 11.6 Å². The molecule has 4 nitrogen and oxygen atoms in total. The number of benzene rings is 3. The Bertz CT molecular complexity index is 1050. The smallest absolute Gasteiger partial charge is 0.247 e. The van der Waals surface area contributed by atoms with Crippen molar-refractivity contribution < 1.29 is 8.81 Å². The maximum absolute atomic E-state index is 13.4. The Morgan fingerprint density at radius 3 is 2.36 bits per heavy atom. The molecule has 0 spiro atoms. The van der Waals surface area contributed by atoms with Gasteiger partial charge in [0.15, 0.2) is 0 Å². The Kier molecular flexibility index (Phi) is 5.46. The molecule has 1 N–H and O–H groups in total. The number of hydrogen-bond acceptors (Lipinski definition) is 4. The second kappa shape index (κ2) is 8.33. The Balaban J connectivity index is 1.64. The predicted octanol–water partition coefficient (Wildman–Crippen LogP) is 5.41. The molecule has 0 aliphatic carbocycles. The summed E-state index contributed by atoms with van der Waals surface area (Å²) >= 11 is 6.26. The van der Waals surface area contributed by atoms with Gasteiger partial charge in [0.1, 0.15) is 11.9 Å². The van der Waals surface area contributed by atoms with Crippen molar-refractivity contribution in [1.82, 2.24) is 15.5 Å². The van der Waals surface area contributed by atoms with Crippen LogP contribution in [0.2, 0.25) is 5.02 Å². The second-order valence-electron chi connectivity index (χ2n) is 6.27. The molecule has 0 unspecified atom stereocenters. The molecule has 0 bridgehead atoms. The number of aromatic nitrogens is 2. The van der Waals surface area contributed by atoms with E-state index in [4.69, 9.17) is 16.0 Å². The van der Waals surface area contributed by atoms with Crippen molar-refractivity contribution in [2.24, 2.45) is 0 Å². The fraction of sp³-hybridized carbons (Fsp3) is 0.0909. The molecule has 0 saturated heterocycles. The standard InChI is InChI=1S/C22H17ClFN3O/c23-19-9-5-4-8-17(19)14-25-20(15-10-12-18(24)13-11-15)22-27-26-21(28-22)16-6-2-1-3-7-16/h1-13,20,25H,14H2/t20-/m1/s1. The van der Waals surface area contributed by atoms with E-state index in [2.05, 4.69) is 15.5 Å². The van der Waals surface area contributed by atoms with Crippen LogP contribution in [-0.2, 0) is 6.54 Å². The Morgan fingerprint density at radius 1 is 0.893 bits per heavy atom. The average Bonchev–Trinajstić information content (AvgIpc) is 3.21. The third kappa shape index (κ3) is 4.11. The van der Waals surface area contributed by atoms with Crippen LogP contribution in [0, 0.1) is 5.82 Å². The third-order valence-corrected chi connectivity index (χ3v) is 4.73. The number of hydrogen-bond donors (Lipinski definition) is 1. The molecule has 6 heteroatoms. The Hall–Kier alpha value is -3.02. The molecule has 0 amide bonds. The molecule has 28 heavy (non-hydrogen) atoms. The van der Waals surface area contributed by atoms with Crippen molar-refractivity contribution in [3.8, 4) is 11.5 Å². The maximum atomic E-state index is 13.4. The normalized spacial score (nSPS) is 12.1. The molecule has 3 aromatic carbocycles. The summed E-state index contributed by atoms with van der Waals surface area (Å²) in [6.07, 6.45) is 0. The molecule has 0 aliphatic heterocycles. The molecular formula is C22H17ClFN3O. The summed E-state index contributed by atoms with van der Waals surface area (Å²) in [5.41, 5.74) is 2.60. The zero-order valence-electron chi connectivity index (χ0n) is 14.8. The highest BCUT2D eigenvalue weighted by Crippen LogP contribution is 2.26. The zero-order valence-corrected chi connectivity index (χ0v) is 15.6. The lowest BCUT2D eigenvalue weighted by atomic mass is 10.1. The van der Waals surface area contributed by atoms with Crippen molar-refractivity contribution in [2.45, 2.75) is 12.6 Å². The summed E-state index contributed by atoms with van der Waals surface area (Å²) in [4.78, 5) is 0. The van der Waals surface area contributed by atoms with E-state index in [0.29, 0.717) is 23.3 Å². The van der Waals surface area contributed by atoms with Crippen LogP contribution in [-0.4, -0.2) is 10.2 Å². The van der Waals surface area contributed by atoms with Gasteiger partial charge in [-0.25, -0.2) is 4.39 Å². The molecule has 140 valence electrons. The van der Waals surface area contributed by atoms with E-state index in [9.17, 15) is 4.39 Å². The number of nitrogens with one attached hydrogen (secondary N) is 1. The van der Waals surface area contributed by atoms with Gasteiger partial charge in [-0.3, -0.25) is 5.32 Å². The molecule has 0 saturated carbocycles. The highest BCUT2D eigenvalue weighted by Gasteiger charge is 2.21. The summed E-state index contributed by atoms with van der Waals surface area (Å²) in [5.74, 6) is 0.531. The van der Waals surface area contributed by atoms with E-state index in [0.717, 1.165) is 16.7 Å². The average molecular weight is 394 g/mol. The number of rotatable bonds is 6. The molecule has 1 atom stereocenters. The van der Waals surface area contributed by atoms with Crippen LogP contribution in [0.3, 0.4) is 0 Å². The molecule has 4 rings (SSSR count). The summed E-state index contributed by atoms with van der Waals surface area (Å²) in [6.45, 7) is 0.491. The maximum Gasteiger partial charge on any atom is 0.247 e. The Labute approximate surface area is 167 Å². The molecule has 0 fully saturated rings. The van der Waals surface area contributed by atoms with Gasteiger partial charge in [0.25, 0.3) is 0 Å². The first kappa shape index (κ1) is 18.3. The van der Waals surface area contributed by atoms with Gasteiger partial charge in [-0.2, -0.15) is 0 Å². The van der Waals surface area contributed by atoms with Gasteiger partial charge in [0, 0.05) is 17.1 Å².